The number of ether oxygens (including phenoxy) is 2. The van der Waals surface area contributed by atoms with Crippen LogP contribution < -0.4 is 19.5 Å². The molecule has 2 amide bonds. The number of carbonyl (C=O) groups excluding carboxylic acids is 1. The number of aromatic nitrogens is 2. The van der Waals surface area contributed by atoms with Crippen LogP contribution in [-0.2, 0) is 16.4 Å². The second kappa shape index (κ2) is 9.74. The molecule has 36 heavy (non-hydrogen) atoms. The summed E-state index contributed by atoms with van der Waals surface area (Å²) in [5.41, 5.74) is 2.25. The Hall–Kier alpha value is -4.31. The summed E-state index contributed by atoms with van der Waals surface area (Å²) >= 11 is 0. The van der Waals surface area contributed by atoms with Crippen LogP contribution in [0.2, 0.25) is 0 Å². The lowest BCUT2D eigenvalue weighted by Crippen LogP contribution is -2.42. The van der Waals surface area contributed by atoms with E-state index in [1.165, 1.54) is 6.07 Å². The van der Waals surface area contributed by atoms with Gasteiger partial charge < -0.3 is 19.4 Å². The van der Waals surface area contributed by atoms with Crippen molar-refractivity contribution in [3.05, 3.63) is 102 Å². The smallest absolute Gasteiger partial charge is 0.329 e. The van der Waals surface area contributed by atoms with Crippen molar-refractivity contribution >= 4 is 16.1 Å². The fourth-order valence-electron chi connectivity index (χ4n) is 4.11. The highest BCUT2D eigenvalue weighted by atomic mass is 32.2. The zero-order chi connectivity index (χ0) is 25.1. The third-order valence-electron chi connectivity index (χ3n) is 5.81. The first-order valence-electron chi connectivity index (χ1n) is 11.3. The summed E-state index contributed by atoms with van der Waals surface area (Å²) in [7, 11) is -4.07. The van der Waals surface area contributed by atoms with Crippen molar-refractivity contribution in [3.8, 4) is 17.2 Å². The number of amides is 2. The first-order valence-corrected chi connectivity index (χ1v) is 12.8. The molecule has 9 nitrogen and oxygen atoms in total. The number of carbonyl (C=O) groups is 1. The number of aryl methyl sites for hydroxylation is 1. The van der Waals surface area contributed by atoms with E-state index >= 15 is 0 Å². The van der Waals surface area contributed by atoms with Crippen LogP contribution in [0.15, 0.2) is 90.1 Å². The number of sulfonamides is 1. The third-order valence-corrected chi connectivity index (χ3v) is 7.30. The van der Waals surface area contributed by atoms with Gasteiger partial charge in [-0.1, -0.05) is 48.5 Å². The molecule has 1 aromatic heterocycles. The molecule has 0 saturated carbocycles. The summed E-state index contributed by atoms with van der Waals surface area (Å²) < 4.78 is 40.6. The number of fused-ring (bicyclic) bond motifs is 1. The summed E-state index contributed by atoms with van der Waals surface area (Å²) in [6.07, 6.45) is 3.79. The summed E-state index contributed by atoms with van der Waals surface area (Å²) in [6, 6.07) is 20.1. The van der Waals surface area contributed by atoms with Crippen LogP contribution in [0.5, 0.6) is 11.5 Å². The van der Waals surface area contributed by atoms with E-state index in [9.17, 15) is 13.2 Å². The topological polar surface area (TPSA) is 112 Å². The molecule has 0 fully saturated rings. The molecule has 4 aromatic rings. The van der Waals surface area contributed by atoms with Crippen LogP contribution in [0.4, 0.5) is 4.79 Å². The highest BCUT2D eigenvalue weighted by Gasteiger charge is 2.25. The molecule has 0 unspecified atom stereocenters. The van der Waals surface area contributed by atoms with Crippen molar-refractivity contribution in [2.45, 2.75) is 24.3 Å². The molecule has 0 radical (unpaired) electrons. The number of nitrogens with one attached hydrogen (secondary N) is 2. The minimum Gasteiger partial charge on any atom is -0.454 e. The van der Waals surface area contributed by atoms with E-state index in [0.29, 0.717) is 29.3 Å². The standard InChI is InChI=1S/C26H24N4O5S/c1-18-7-5-6-10-24(18)36(32,33)29-26(31)28-21(15-19-8-3-2-4-9-19)25-27-13-14-30(25)20-11-12-22-23(16-20)35-17-34-22/h2-14,16,21H,15,17H2,1H3,(H2,28,29,31)/t21-/m0/s1. The van der Waals surface area contributed by atoms with Gasteiger partial charge in [0.15, 0.2) is 11.5 Å². The molecule has 5 rings (SSSR count). The Morgan fingerprint density at radius 1 is 1.03 bits per heavy atom. The SMILES string of the molecule is Cc1ccccc1S(=O)(=O)NC(=O)N[C@@H](Cc1ccccc1)c1nccn1-c1ccc2c(c1)OCO2. The van der Waals surface area contributed by atoms with E-state index in [1.807, 2.05) is 53.1 Å². The average molecular weight is 505 g/mol. The monoisotopic (exact) mass is 504 g/mol. The second-order valence-electron chi connectivity index (χ2n) is 8.28. The van der Waals surface area contributed by atoms with Crippen molar-refractivity contribution in [2.24, 2.45) is 0 Å². The molecule has 1 aliphatic rings. The van der Waals surface area contributed by atoms with Crippen molar-refractivity contribution in [3.63, 3.8) is 0 Å². The summed E-state index contributed by atoms with van der Waals surface area (Å²) in [5.74, 6) is 1.79. The van der Waals surface area contributed by atoms with Crippen LogP contribution in [0, 0.1) is 6.92 Å². The van der Waals surface area contributed by atoms with Crippen LogP contribution in [0.1, 0.15) is 23.0 Å². The number of nitrogens with zero attached hydrogens (tertiary/aromatic N) is 2. The van der Waals surface area contributed by atoms with Crippen molar-refractivity contribution in [2.75, 3.05) is 6.79 Å². The van der Waals surface area contributed by atoms with Crippen molar-refractivity contribution in [1.29, 1.82) is 0 Å². The van der Waals surface area contributed by atoms with E-state index < -0.39 is 22.1 Å². The van der Waals surface area contributed by atoms with Crippen molar-refractivity contribution < 1.29 is 22.7 Å². The van der Waals surface area contributed by atoms with Gasteiger partial charge in [0, 0.05) is 18.5 Å². The predicted molar refractivity (Wildman–Crippen MR) is 133 cm³/mol. The lowest BCUT2D eigenvalue weighted by Gasteiger charge is -2.21. The number of benzene rings is 3. The lowest BCUT2D eigenvalue weighted by molar-refractivity contribution is 0.174. The van der Waals surface area contributed by atoms with E-state index in [1.54, 1.807) is 37.5 Å². The number of hydrogen-bond acceptors (Lipinski definition) is 6. The molecule has 2 N–H and O–H groups in total. The fourth-order valence-corrected chi connectivity index (χ4v) is 5.27. The van der Waals surface area contributed by atoms with Crippen LogP contribution >= 0.6 is 0 Å². The summed E-state index contributed by atoms with van der Waals surface area (Å²) in [5, 5.41) is 2.81. The Morgan fingerprint density at radius 2 is 1.78 bits per heavy atom. The molecule has 1 atom stereocenters. The van der Waals surface area contributed by atoms with Gasteiger partial charge >= 0.3 is 6.03 Å². The molecular formula is C26H24N4O5S. The first kappa shape index (κ1) is 23.4. The van der Waals surface area contributed by atoms with Gasteiger partial charge in [-0.05, 0) is 42.7 Å². The zero-order valence-electron chi connectivity index (χ0n) is 19.4. The van der Waals surface area contributed by atoms with Gasteiger partial charge in [0.2, 0.25) is 6.79 Å². The highest BCUT2D eigenvalue weighted by molar-refractivity contribution is 7.90. The zero-order valence-corrected chi connectivity index (χ0v) is 20.2. The van der Waals surface area contributed by atoms with Crippen LogP contribution in [0.3, 0.4) is 0 Å². The van der Waals surface area contributed by atoms with Crippen LogP contribution in [0.25, 0.3) is 5.69 Å². The highest BCUT2D eigenvalue weighted by Crippen LogP contribution is 2.34. The van der Waals surface area contributed by atoms with Gasteiger partial charge in [0.1, 0.15) is 5.82 Å². The average Bonchev–Trinajstić information content (AvgIpc) is 3.53. The molecule has 184 valence electrons. The van der Waals surface area contributed by atoms with Gasteiger partial charge in [-0.15, -0.1) is 0 Å². The van der Waals surface area contributed by atoms with E-state index in [-0.39, 0.29) is 11.7 Å². The maximum absolute atomic E-state index is 13.0. The molecule has 3 aromatic carbocycles. The number of hydrogen-bond donors (Lipinski definition) is 2. The summed E-state index contributed by atoms with van der Waals surface area (Å²) in [4.78, 5) is 17.5. The van der Waals surface area contributed by atoms with Gasteiger partial charge in [-0.25, -0.2) is 22.9 Å². The second-order valence-corrected chi connectivity index (χ2v) is 9.93. The van der Waals surface area contributed by atoms with E-state index in [2.05, 4.69) is 15.0 Å². The molecule has 0 saturated heterocycles. The molecule has 1 aliphatic heterocycles. The van der Waals surface area contributed by atoms with Gasteiger partial charge in [0.25, 0.3) is 10.0 Å². The molecule has 0 spiro atoms. The molecule has 0 bridgehead atoms. The van der Waals surface area contributed by atoms with Gasteiger partial charge in [0.05, 0.1) is 16.6 Å². The molecule has 10 heteroatoms. The Morgan fingerprint density at radius 3 is 2.58 bits per heavy atom. The predicted octanol–water partition coefficient (Wildman–Crippen LogP) is 3.88. The summed E-state index contributed by atoms with van der Waals surface area (Å²) in [6.45, 7) is 1.83. The first-order chi connectivity index (χ1) is 17.4. The lowest BCUT2D eigenvalue weighted by atomic mass is 10.1. The maximum atomic E-state index is 13.0. The number of rotatable bonds is 7. The number of urea groups is 1. The Balaban J connectivity index is 1.44. The van der Waals surface area contributed by atoms with Crippen LogP contribution in [-0.4, -0.2) is 30.8 Å². The van der Waals surface area contributed by atoms with Gasteiger partial charge in [-0.3, -0.25) is 0 Å². The molecule has 0 aliphatic carbocycles. The minimum absolute atomic E-state index is 0.0432. The Labute approximate surface area is 208 Å². The van der Waals surface area contributed by atoms with E-state index in [4.69, 9.17) is 9.47 Å². The van der Waals surface area contributed by atoms with Gasteiger partial charge in [-0.2, -0.15) is 0 Å². The number of imidazole rings is 1. The fraction of sp³-hybridized carbons (Fsp3) is 0.154. The molecule has 2 heterocycles. The third kappa shape index (κ3) is 4.89. The quantitative estimate of drug-likeness (QED) is 0.395. The van der Waals surface area contributed by atoms with E-state index in [0.717, 1.165) is 11.3 Å². The molecular weight excluding hydrogens is 480 g/mol. The minimum atomic E-state index is -4.07. The Kier molecular flexibility index (Phi) is 6.34. The largest absolute Gasteiger partial charge is 0.454 e. The van der Waals surface area contributed by atoms with Crippen molar-refractivity contribution in [1.82, 2.24) is 19.6 Å². The maximum Gasteiger partial charge on any atom is 0.329 e. The normalized spacial score (nSPS) is 13.2. The Bertz CT molecular complexity index is 1500.